The van der Waals surface area contributed by atoms with Gasteiger partial charge in [-0.15, -0.1) is 0 Å². The quantitative estimate of drug-likeness (QED) is 0.589. The van der Waals surface area contributed by atoms with E-state index in [1.807, 2.05) is 6.92 Å². The second-order valence-electron chi connectivity index (χ2n) is 4.34. The van der Waals surface area contributed by atoms with Crippen molar-refractivity contribution in [2.45, 2.75) is 51.5 Å². The molecule has 0 heterocycles. The molecule has 0 bridgehead atoms. The van der Waals surface area contributed by atoms with Crippen molar-refractivity contribution in [3.8, 4) is 0 Å². The number of allylic oxidation sites excluding steroid dienone is 1. The lowest BCUT2D eigenvalue weighted by Crippen LogP contribution is -2.41. The fourth-order valence-corrected chi connectivity index (χ4v) is 1.99. The summed E-state index contributed by atoms with van der Waals surface area (Å²) in [5, 5.41) is 2.71. The Labute approximate surface area is 102 Å². The van der Waals surface area contributed by atoms with Crippen molar-refractivity contribution in [3.63, 3.8) is 0 Å². The van der Waals surface area contributed by atoms with Crippen LogP contribution < -0.4 is 5.32 Å². The highest BCUT2D eigenvalue weighted by atomic mass is 16.5. The Morgan fingerprint density at radius 3 is 2.76 bits per heavy atom. The molecule has 1 atom stereocenters. The lowest BCUT2D eigenvalue weighted by atomic mass is 9.97. The first-order valence-electron chi connectivity index (χ1n) is 6.22. The second-order valence-corrected chi connectivity index (χ2v) is 4.34. The number of esters is 1. The molecule has 1 N–H and O–H groups in total. The van der Waals surface area contributed by atoms with Gasteiger partial charge in [-0.3, -0.25) is 4.79 Å². The van der Waals surface area contributed by atoms with Gasteiger partial charge in [-0.25, -0.2) is 4.79 Å². The molecule has 0 fully saturated rings. The maximum atomic E-state index is 11.7. The number of rotatable bonds is 5. The number of amides is 1. The molecular weight excluding hydrogens is 218 g/mol. The minimum Gasteiger partial charge on any atom is -0.467 e. The molecular formula is C13H21NO3. The predicted octanol–water partition coefficient (Wildman–Crippen LogP) is 1.94. The molecule has 1 aliphatic carbocycles. The Hall–Kier alpha value is -1.32. The van der Waals surface area contributed by atoms with E-state index in [1.165, 1.54) is 19.1 Å². The molecule has 96 valence electrons. The average molecular weight is 239 g/mol. The summed E-state index contributed by atoms with van der Waals surface area (Å²) in [7, 11) is 1.33. The molecule has 17 heavy (non-hydrogen) atoms. The lowest BCUT2D eigenvalue weighted by molar-refractivity contribution is -0.145. The van der Waals surface area contributed by atoms with Crippen LogP contribution in [0.5, 0.6) is 0 Å². The van der Waals surface area contributed by atoms with Crippen molar-refractivity contribution >= 4 is 11.9 Å². The molecule has 1 aliphatic rings. The van der Waals surface area contributed by atoms with E-state index in [0.29, 0.717) is 12.8 Å². The van der Waals surface area contributed by atoms with Gasteiger partial charge < -0.3 is 10.1 Å². The zero-order valence-corrected chi connectivity index (χ0v) is 10.6. The second kappa shape index (κ2) is 7.09. The maximum Gasteiger partial charge on any atom is 0.328 e. The van der Waals surface area contributed by atoms with E-state index in [0.717, 1.165) is 19.3 Å². The summed E-state index contributed by atoms with van der Waals surface area (Å²) < 4.78 is 4.63. The van der Waals surface area contributed by atoms with Crippen LogP contribution in [-0.2, 0) is 14.3 Å². The van der Waals surface area contributed by atoms with Gasteiger partial charge in [0, 0.05) is 6.42 Å². The van der Waals surface area contributed by atoms with Crippen LogP contribution in [0.1, 0.15) is 45.4 Å². The van der Waals surface area contributed by atoms with E-state index in [4.69, 9.17) is 0 Å². The van der Waals surface area contributed by atoms with Crippen LogP contribution in [0.4, 0.5) is 0 Å². The van der Waals surface area contributed by atoms with Crippen molar-refractivity contribution in [2.75, 3.05) is 7.11 Å². The summed E-state index contributed by atoms with van der Waals surface area (Å²) in [5.74, 6) is -0.464. The van der Waals surface area contributed by atoms with E-state index in [2.05, 4.69) is 16.1 Å². The van der Waals surface area contributed by atoms with Crippen molar-refractivity contribution in [1.82, 2.24) is 5.32 Å². The normalized spacial score (nSPS) is 16.9. The monoisotopic (exact) mass is 239 g/mol. The van der Waals surface area contributed by atoms with Crippen LogP contribution in [0.25, 0.3) is 0 Å². The lowest BCUT2D eigenvalue weighted by Gasteiger charge is -2.16. The average Bonchev–Trinajstić information content (AvgIpc) is 2.36. The number of carbonyl (C=O) groups excluding carboxylic acids is 2. The van der Waals surface area contributed by atoms with Crippen LogP contribution >= 0.6 is 0 Å². The Balaban J connectivity index is 2.42. The molecule has 0 aromatic heterocycles. The van der Waals surface area contributed by atoms with Gasteiger partial charge in [0.05, 0.1) is 7.11 Å². The Morgan fingerprint density at radius 2 is 2.24 bits per heavy atom. The van der Waals surface area contributed by atoms with Gasteiger partial charge in [0.1, 0.15) is 6.04 Å². The van der Waals surface area contributed by atoms with Gasteiger partial charge in [-0.1, -0.05) is 18.6 Å². The molecule has 0 unspecified atom stereocenters. The van der Waals surface area contributed by atoms with Gasteiger partial charge in [0.25, 0.3) is 0 Å². The van der Waals surface area contributed by atoms with Crippen molar-refractivity contribution in [2.24, 2.45) is 0 Å². The molecule has 1 rings (SSSR count). The van der Waals surface area contributed by atoms with Crippen LogP contribution in [0.15, 0.2) is 11.6 Å². The first-order valence-corrected chi connectivity index (χ1v) is 6.22. The zero-order chi connectivity index (χ0) is 12.7. The largest absolute Gasteiger partial charge is 0.467 e. The third kappa shape index (κ3) is 4.59. The number of hydrogen-bond acceptors (Lipinski definition) is 3. The fraction of sp³-hybridized carbons (Fsp3) is 0.692. The molecule has 0 aliphatic heterocycles. The van der Waals surface area contributed by atoms with Crippen LogP contribution in [0, 0.1) is 0 Å². The smallest absolute Gasteiger partial charge is 0.328 e. The minimum absolute atomic E-state index is 0.0876. The molecule has 0 spiro atoms. The Bertz CT molecular complexity index is 310. The van der Waals surface area contributed by atoms with E-state index in [9.17, 15) is 9.59 Å². The summed E-state index contributed by atoms with van der Waals surface area (Å²) in [6.45, 7) is 1.85. The SMILES string of the molecule is CC[C@H](NC(=O)CC1=CCCCC1)C(=O)OC. The third-order valence-electron chi connectivity index (χ3n) is 3.00. The summed E-state index contributed by atoms with van der Waals surface area (Å²) in [5.41, 5.74) is 1.19. The topological polar surface area (TPSA) is 55.4 Å². The van der Waals surface area contributed by atoms with Gasteiger partial charge in [-0.2, -0.15) is 0 Å². The highest BCUT2D eigenvalue weighted by Crippen LogP contribution is 2.19. The number of carbonyl (C=O) groups is 2. The van der Waals surface area contributed by atoms with E-state index >= 15 is 0 Å². The van der Waals surface area contributed by atoms with E-state index < -0.39 is 6.04 Å². The van der Waals surface area contributed by atoms with Gasteiger partial charge in [0.2, 0.25) is 5.91 Å². The highest BCUT2D eigenvalue weighted by molar-refractivity contribution is 5.85. The van der Waals surface area contributed by atoms with E-state index in [-0.39, 0.29) is 11.9 Å². The predicted molar refractivity (Wildman–Crippen MR) is 65.4 cm³/mol. The fourth-order valence-electron chi connectivity index (χ4n) is 1.99. The number of ether oxygens (including phenoxy) is 1. The number of methoxy groups -OCH3 is 1. The molecule has 1 amide bonds. The van der Waals surface area contributed by atoms with E-state index in [1.54, 1.807) is 0 Å². The van der Waals surface area contributed by atoms with Crippen LogP contribution in [0.3, 0.4) is 0 Å². The summed E-state index contributed by atoms with van der Waals surface area (Å²) >= 11 is 0. The van der Waals surface area contributed by atoms with Crippen molar-refractivity contribution in [1.29, 1.82) is 0 Å². The Morgan fingerprint density at radius 1 is 1.47 bits per heavy atom. The molecule has 4 nitrogen and oxygen atoms in total. The first kappa shape index (κ1) is 13.7. The van der Waals surface area contributed by atoms with Crippen LogP contribution in [-0.4, -0.2) is 25.0 Å². The number of hydrogen-bond donors (Lipinski definition) is 1. The minimum atomic E-state index is -0.517. The molecule has 0 radical (unpaired) electrons. The van der Waals surface area contributed by atoms with Crippen molar-refractivity contribution < 1.29 is 14.3 Å². The van der Waals surface area contributed by atoms with Crippen LogP contribution in [0.2, 0.25) is 0 Å². The Kier molecular flexibility index (Phi) is 5.73. The molecule has 0 aromatic carbocycles. The molecule has 4 heteroatoms. The summed E-state index contributed by atoms with van der Waals surface area (Å²) in [4.78, 5) is 23.1. The summed E-state index contributed by atoms with van der Waals surface area (Å²) in [6.07, 6.45) is 7.55. The number of nitrogens with one attached hydrogen (secondary N) is 1. The van der Waals surface area contributed by atoms with Gasteiger partial charge >= 0.3 is 5.97 Å². The van der Waals surface area contributed by atoms with Gasteiger partial charge in [-0.05, 0) is 32.1 Å². The zero-order valence-electron chi connectivity index (χ0n) is 10.6. The standard InChI is InChI=1S/C13H21NO3/c1-3-11(13(16)17-2)14-12(15)9-10-7-5-4-6-8-10/h7,11H,3-6,8-9H2,1-2H3,(H,14,15)/t11-/m0/s1. The van der Waals surface area contributed by atoms with Gasteiger partial charge in [0.15, 0.2) is 0 Å². The third-order valence-corrected chi connectivity index (χ3v) is 3.00. The molecule has 0 saturated carbocycles. The van der Waals surface area contributed by atoms with Crippen molar-refractivity contribution in [3.05, 3.63) is 11.6 Å². The first-order chi connectivity index (χ1) is 8.17. The maximum absolute atomic E-state index is 11.7. The molecule has 0 aromatic rings. The molecule has 0 saturated heterocycles. The highest BCUT2D eigenvalue weighted by Gasteiger charge is 2.19. The summed E-state index contributed by atoms with van der Waals surface area (Å²) in [6, 6.07) is -0.517.